The largest absolute Gasteiger partial charge is 0.343 e. The summed E-state index contributed by atoms with van der Waals surface area (Å²) in [5.41, 5.74) is 5.80. The summed E-state index contributed by atoms with van der Waals surface area (Å²) < 4.78 is 0. The van der Waals surface area contributed by atoms with Crippen LogP contribution in [0.15, 0.2) is 0 Å². The molecule has 0 atom stereocenters. The topological polar surface area (TPSA) is 46.3 Å². The third-order valence-electron chi connectivity index (χ3n) is 4.76. The minimum atomic E-state index is 0.187. The van der Waals surface area contributed by atoms with Gasteiger partial charge < -0.3 is 10.6 Å². The van der Waals surface area contributed by atoms with Crippen molar-refractivity contribution in [2.24, 2.45) is 17.1 Å². The molecular weight excluding hydrogens is 236 g/mol. The monoisotopic (exact) mass is 268 g/mol. The number of hydrogen-bond donors (Lipinski definition) is 1. The van der Waals surface area contributed by atoms with Crippen molar-refractivity contribution in [3.63, 3.8) is 0 Å². The molecule has 2 N–H and O–H groups in total. The predicted octanol–water partition coefficient (Wildman–Crippen LogP) is 3.18. The van der Waals surface area contributed by atoms with Crippen LogP contribution in [-0.4, -0.2) is 30.4 Å². The number of amides is 1. The Morgan fingerprint density at radius 1 is 1.21 bits per heavy atom. The van der Waals surface area contributed by atoms with E-state index in [1.54, 1.807) is 0 Å². The molecule has 0 aromatic carbocycles. The Morgan fingerprint density at radius 3 is 2.32 bits per heavy atom. The Morgan fingerprint density at radius 2 is 1.79 bits per heavy atom. The van der Waals surface area contributed by atoms with E-state index in [2.05, 4.69) is 20.8 Å². The zero-order valence-corrected chi connectivity index (χ0v) is 13.2. The summed E-state index contributed by atoms with van der Waals surface area (Å²) in [5, 5.41) is 0. The second-order valence-electron chi connectivity index (χ2n) is 7.12. The van der Waals surface area contributed by atoms with Crippen LogP contribution in [0.5, 0.6) is 0 Å². The molecule has 0 radical (unpaired) electrons. The van der Waals surface area contributed by atoms with E-state index >= 15 is 0 Å². The molecule has 1 aliphatic rings. The van der Waals surface area contributed by atoms with Gasteiger partial charge in [-0.25, -0.2) is 0 Å². The van der Waals surface area contributed by atoms with Crippen LogP contribution in [0, 0.1) is 11.3 Å². The lowest BCUT2D eigenvalue weighted by Gasteiger charge is -2.34. The van der Waals surface area contributed by atoms with E-state index < -0.39 is 0 Å². The number of rotatable bonds is 6. The van der Waals surface area contributed by atoms with Crippen molar-refractivity contribution in [3.8, 4) is 0 Å². The standard InChI is InChI=1S/C16H32N2O/c1-13-5-7-14(8-6-13)18(4)15(19)9-10-16(2,3)11-12-17/h13-14H,5-12,17H2,1-4H3. The number of hydrogen-bond acceptors (Lipinski definition) is 2. The summed E-state index contributed by atoms with van der Waals surface area (Å²) in [4.78, 5) is 14.3. The fourth-order valence-electron chi connectivity index (χ4n) is 2.97. The molecule has 1 fully saturated rings. The van der Waals surface area contributed by atoms with Crippen LogP contribution in [0.1, 0.15) is 65.7 Å². The molecule has 1 aliphatic carbocycles. The van der Waals surface area contributed by atoms with Crippen molar-refractivity contribution < 1.29 is 4.79 Å². The summed E-state index contributed by atoms with van der Waals surface area (Å²) in [6.07, 6.45) is 7.48. The molecule has 0 unspecified atom stereocenters. The first kappa shape index (κ1) is 16.5. The first-order valence-electron chi connectivity index (χ1n) is 7.81. The molecule has 1 amide bonds. The van der Waals surface area contributed by atoms with Crippen LogP contribution >= 0.6 is 0 Å². The highest BCUT2D eigenvalue weighted by atomic mass is 16.2. The van der Waals surface area contributed by atoms with Gasteiger partial charge in [0.2, 0.25) is 5.91 Å². The van der Waals surface area contributed by atoms with Gasteiger partial charge in [-0.2, -0.15) is 0 Å². The van der Waals surface area contributed by atoms with Crippen LogP contribution < -0.4 is 5.73 Å². The van der Waals surface area contributed by atoms with E-state index in [1.165, 1.54) is 25.7 Å². The van der Waals surface area contributed by atoms with E-state index in [1.807, 2.05) is 11.9 Å². The van der Waals surface area contributed by atoms with Crippen LogP contribution in [0.25, 0.3) is 0 Å². The molecule has 0 bridgehead atoms. The fraction of sp³-hybridized carbons (Fsp3) is 0.938. The second kappa shape index (κ2) is 7.28. The fourth-order valence-corrected chi connectivity index (χ4v) is 2.97. The molecule has 19 heavy (non-hydrogen) atoms. The lowest BCUT2D eigenvalue weighted by atomic mass is 9.83. The lowest BCUT2D eigenvalue weighted by molar-refractivity contribution is -0.133. The van der Waals surface area contributed by atoms with Gasteiger partial charge in [0.25, 0.3) is 0 Å². The van der Waals surface area contributed by atoms with Crippen molar-refractivity contribution >= 4 is 5.91 Å². The van der Waals surface area contributed by atoms with Crippen LogP contribution in [-0.2, 0) is 4.79 Å². The zero-order chi connectivity index (χ0) is 14.5. The van der Waals surface area contributed by atoms with Gasteiger partial charge in [0.1, 0.15) is 0 Å². The van der Waals surface area contributed by atoms with E-state index in [9.17, 15) is 4.79 Å². The van der Waals surface area contributed by atoms with Gasteiger partial charge in [-0.05, 0) is 56.4 Å². The molecule has 0 aromatic rings. The molecule has 0 saturated heterocycles. The second-order valence-corrected chi connectivity index (χ2v) is 7.12. The Balaban J connectivity index is 2.36. The molecule has 112 valence electrons. The lowest BCUT2D eigenvalue weighted by Crippen LogP contribution is -2.39. The number of carbonyl (C=O) groups excluding carboxylic acids is 1. The third kappa shape index (κ3) is 5.52. The maximum Gasteiger partial charge on any atom is 0.222 e. The van der Waals surface area contributed by atoms with Crippen molar-refractivity contribution in [1.29, 1.82) is 0 Å². The first-order chi connectivity index (χ1) is 8.85. The minimum absolute atomic E-state index is 0.187. The Labute approximate surface area is 118 Å². The summed E-state index contributed by atoms with van der Waals surface area (Å²) in [6, 6.07) is 0.473. The zero-order valence-electron chi connectivity index (χ0n) is 13.2. The highest BCUT2D eigenvalue weighted by Gasteiger charge is 2.26. The maximum absolute atomic E-state index is 12.3. The van der Waals surface area contributed by atoms with Crippen LogP contribution in [0.2, 0.25) is 0 Å². The van der Waals surface area contributed by atoms with Gasteiger partial charge in [-0.15, -0.1) is 0 Å². The van der Waals surface area contributed by atoms with E-state index in [4.69, 9.17) is 5.73 Å². The predicted molar refractivity (Wildman–Crippen MR) is 80.9 cm³/mol. The molecule has 3 nitrogen and oxygen atoms in total. The SMILES string of the molecule is CC1CCC(N(C)C(=O)CCC(C)(C)CCN)CC1. The normalized spacial score (nSPS) is 24.3. The summed E-state index contributed by atoms with van der Waals surface area (Å²) in [7, 11) is 1.99. The average Bonchev–Trinajstić information content (AvgIpc) is 2.36. The average molecular weight is 268 g/mol. The summed E-state index contributed by atoms with van der Waals surface area (Å²) in [5.74, 6) is 1.15. The van der Waals surface area contributed by atoms with Crippen molar-refractivity contribution in [2.75, 3.05) is 13.6 Å². The molecule has 0 heterocycles. The molecule has 0 aliphatic heterocycles. The Hall–Kier alpha value is -0.570. The Kier molecular flexibility index (Phi) is 6.31. The highest BCUT2D eigenvalue weighted by molar-refractivity contribution is 5.76. The minimum Gasteiger partial charge on any atom is -0.343 e. The van der Waals surface area contributed by atoms with Crippen molar-refractivity contribution in [3.05, 3.63) is 0 Å². The van der Waals surface area contributed by atoms with Gasteiger partial charge >= 0.3 is 0 Å². The molecular formula is C16H32N2O. The molecule has 0 spiro atoms. The van der Waals surface area contributed by atoms with Crippen LogP contribution in [0.3, 0.4) is 0 Å². The highest BCUT2D eigenvalue weighted by Crippen LogP contribution is 2.29. The van der Waals surface area contributed by atoms with Crippen molar-refractivity contribution in [2.45, 2.75) is 71.8 Å². The maximum atomic E-state index is 12.3. The van der Waals surface area contributed by atoms with Crippen molar-refractivity contribution in [1.82, 2.24) is 4.90 Å². The molecule has 1 rings (SSSR count). The summed E-state index contributed by atoms with van der Waals surface area (Å²) >= 11 is 0. The van der Waals surface area contributed by atoms with E-state index in [0.29, 0.717) is 24.9 Å². The van der Waals surface area contributed by atoms with Gasteiger partial charge in [0.15, 0.2) is 0 Å². The third-order valence-corrected chi connectivity index (χ3v) is 4.76. The number of carbonyl (C=O) groups is 1. The molecule has 1 saturated carbocycles. The summed E-state index contributed by atoms with van der Waals surface area (Å²) in [6.45, 7) is 7.43. The number of nitrogens with two attached hydrogens (primary N) is 1. The molecule has 0 aromatic heterocycles. The van der Waals surface area contributed by atoms with Gasteiger partial charge in [0, 0.05) is 19.5 Å². The van der Waals surface area contributed by atoms with Gasteiger partial charge in [-0.1, -0.05) is 20.8 Å². The first-order valence-corrected chi connectivity index (χ1v) is 7.81. The Bertz CT molecular complexity index is 280. The smallest absolute Gasteiger partial charge is 0.222 e. The van der Waals surface area contributed by atoms with Crippen LogP contribution in [0.4, 0.5) is 0 Å². The van der Waals surface area contributed by atoms with Gasteiger partial charge in [-0.3, -0.25) is 4.79 Å². The van der Waals surface area contributed by atoms with E-state index in [0.717, 1.165) is 18.8 Å². The molecule has 3 heteroatoms. The van der Waals surface area contributed by atoms with E-state index in [-0.39, 0.29) is 5.41 Å². The van der Waals surface area contributed by atoms with Gasteiger partial charge in [0.05, 0.1) is 0 Å². The number of nitrogens with zero attached hydrogens (tertiary/aromatic N) is 1. The quantitative estimate of drug-likeness (QED) is 0.804.